The Balaban J connectivity index is 1.94. The minimum absolute atomic E-state index is 0.214. The van der Waals surface area contributed by atoms with Gasteiger partial charge in [0, 0.05) is 19.8 Å². The SMILES string of the molecule is CCOC(=O)C1=C(C)N=c2s/c(=C\c3cccc(F)c3)c(=O)n2[C@@H]1c1ccc(N(C)C)cc1. The number of halogens is 1. The topological polar surface area (TPSA) is 63.9 Å². The fourth-order valence-electron chi connectivity index (χ4n) is 3.81. The first-order chi connectivity index (χ1) is 15.8. The molecule has 0 radical (unpaired) electrons. The number of hydrogen-bond donors (Lipinski definition) is 0. The normalized spacial score (nSPS) is 15.8. The van der Waals surface area contributed by atoms with Gasteiger partial charge in [-0.15, -0.1) is 0 Å². The summed E-state index contributed by atoms with van der Waals surface area (Å²) in [6.45, 7) is 3.70. The van der Waals surface area contributed by atoms with E-state index in [9.17, 15) is 14.0 Å². The highest BCUT2D eigenvalue weighted by Crippen LogP contribution is 2.31. The van der Waals surface area contributed by atoms with E-state index in [1.807, 2.05) is 43.3 Å². The first-order valence-corrected chi connectivity index (χ1v) is 11.3. The van der Waals surface area contributed by atoms with Crippen molar-refractivity contribution < 1.29 is 13.9 Å². The number of esters is 1. The second-order valence-corrected chi connectivity index (χ2v) is 8.85. The van der Waals surface area contributed by atoms with Gasteiger partial charge in [0.1, 0.15) is 5.82 Å². The second kappa shape index (κ2) is 9.15. The summed E-state index contributed by atoms with van der Waals surface area (Å²) in [4.78, 5) is 33.4. The molecule has 33 heavy (non-hydrogen) atoms. The molecule has 0 unspecified atom stereocenters. The average Bonchev–Trinajstić information content (AvgIpc) is 3.07. The molecule has 0 N–H and O–H groups in total. The van der Waals surface area contributed by atoms with Crippen LogP contribution in [-0.2, 0) is 9.53 Å². The fourth-order valence-corrected chi connectivity index (χ4v) is 4.86. The zero-order valence-corrected chi connectivity index (χ0v) is 19.6. The van der Waals surface area contributed by atoms with Gasteiger partial charge in [0.2, 0.25) is 0 Å². The first-order valence-electron chi connectivity index (χ1n) is 10.5. The van der Waals surface area contributed by atoms with Gasteiger partial charge in [0.15, 0.2) is 4.80 Å². The number of rotatable bonds is 5. The predicted octanol–water partition coefficient (Wildman–Crippen LogP) is 3.00. The van der Waals surface area contributed by atoms with E-state index in [0.29, 0.717) is 26.2 Å². The molecule has 1 atom stereocenters. The van der Waals surface area contributed by atoms with Gasteiger partial charge in [-0.05, 0) is 55.3 Å². The van der Waals surface area contributed by atoms with Crippen LogP contribution in [0.5, 0.6) is 0 Å². The number of thiazole rings is 1. The third kappa shape index (κ3) is 4.39. The molecule has 0 saturated carbocycles. The minimum Gasteiger partial charge on any atom is -0.463 e. The average molecular weight is 466 g/mol. The van der Waals surface area contributed by atoms with E-state index in [1.165, 1.54) is 28.0 Å². The van der Waals surface area contributed by atoms with E-state index in [4.69, 9.17) is 4.74 Å². The van der Waals surface area contributed by atoms with Crippen molar-refractivity contribution in [2.75, 3.05) is 25.6 Å². The number of anilines is 1. The third-order valence-corrected chi connectivity index (χ3v) is 6.37. The molecule has 6 nitrogen and oxygen atoms in total. The van der Waals surface area contributed by atoms with Gasteiger partial charge in [0.05, 0.1) is 28.5 Å². The Bertz CT molecular complexity index is 1420. The van der Waals surface area contributed by atoms with Crippen LogP contribution < -0.4 is 19.8 Å². The van der Waals surface area contributed by atoms with Crippen LogP contribution in [0, 0.1) is 5.82 Å². The van der Waals surface area contributed by atoms with Crippen molar-refractivity contribution in [1.82, 2.24) is 4.57 Å². The maximum absolute atomic E-state index is 13.7. The Hall–Kier alpha value is -3.52. The van der Waals surface area contributed by atoms with Crippen LogP contribution in [0.4, 0.5) is 10.1 Å². The van der Waals surface area contributed by atoms with E-state index in [2.05, 4.69) is 4.99 Å². The highest BCUT2D eigenvalue weighted by Gasteiger charge is 2.33. The Kier molecular flexibility index (Phi) is 6.29. The summed E-state index contributed by atoms with van der Waals surface area (Å²) in [5.41, 5.74) is 2.90. The van der Waals surface area contributed by atoms with Crippen LogP contribution in [0.25, 0.3) is 6.08 Å². The fraction of sp³-hybridized carbons (Fsp3) is 0.240. The molecular formula is C25H24FN3O3S. The Morgan fingerprint density at radius 2 is 1.97 bits per heavy atom. The number of benzene rings is 2. The molecular weight excluding hydrogens is 441 g/mol. The van der Waals surface area contributed by atoms with Crippen LogP contribution >= 0.6 is 11.3 Å². The summed E-state index contributed by atoms with van der Waals surface area (Å²) in [6, 6.07) is 13.1. The van der Waals surface area contributed by atoms with E-state index in [0.717, 1.165) is 11.3 Å². The predicted molar refractivity (Wildman–Crippen MR) is 128 cm³/mol. The number of hydrogen-bond acceptors (Lipinski definition) is 6. The summed E-state index contributed by atoms with van der Waals surface area (Å²) >= 11 is 1.21. The first kappa shape index (κ1) is 22.7. The van der Waals surface area contributed by atoms with Crippen molar-refractivity contribution in [2.45, 2.75) is 19.9 Å². The number of ether oxygens (including phenoxy) is 1. The van der Waals surface area contributed by atoms with E-state index in [1.54, 1.807) is 32.1 Å². The number of aromatic nitrogens is 1. The molecule has 0 spiro atoms. The maximum Gasteiger partial charge on any atom is 0.338 e. The lowest BCUT2D eigenvalue weighted by Gasteiger charge is -2.25. The van der Waals surface area contributed by atoms with Crippen molar-refractivity contribution in [3.63, 3.8) is 0 Å². The zero-order valence-electron chi connectivity index (χ0n) is 18.8. The molecule has 2 heterocycles. The molecule has 170 valence electrons. The molecule has 0 amide bonds. The van der Waals surface area contributed by atoms with Gasteiger partial charge in [-0.25, -0.2) is 14.2 Å². The van der Waals surface area contributed by atoms with Gasteiger partial charge in [-0.3, -0.25) is 9.36 Å². The lowest BCUT2D eigenvalue weighted by Crippen LogP contribution is -2.39. The quantitative estimate of drug-likeness (QED) is 0.544. The lowest BCUT2D eigenvalue weighted by atomic mass is 9.95. The van der Waals surface area contributed by atoms with E-state index < -0.39 is 12.0 Å². The molecule has 4 rings (SSSR count). The highest BCUT2D eigenvalue weighted by atomic mass is 32.1. The molecule has 0 saturated heterocycles. The molecule has 0 bridgehead atoms. The van der Waals surface area contributed by atoms with Crippen molar-refractivity contribution >= 4 is 29.1 Å². The molecule has 2 aromatic carbocycles. The molecule has 1 aliphatic rings. The molecule has 0 aliphatic carbocycles. The molecule has 8 heteroatoms. The smallest absolute Gasteiger partial charge is 0.338 e. The zero-order chi connectivity index (χ0) is 23.7. The highest BCUT2D eigenvalue weighted by molar-refractivity contribution is 7.07. The van der Waals surface area contributed by atoms with Crippen LogP contribution in [-0.4, -0.2) is 31.2 Å². The van der Waals surface area contributed by atoms with E-state index in [-0.39, 0.29) is 18.0 Å². The number of nitrogens with zero attached hydrogens (tertiary/aromatic N) is 3. The monoisotopic (exact) mass is 465 g/mol. The summed E-state index contributed by atoms with van der Waals surface area (Å²) in [5, 5.41) is 0. The van der Waals surface area contributed by atoms with Crippen molar-refractivity contribution in [3.8, 4) is 0 Å². The Morgan fingerprint density at radius 1 is 1.24 bits per heavy atom. The van der Waals surface area contributed by atoms with E-state index >= 15 is 0 Å². The molecule has 1 aliphatic heterocycles. The summed E-state index contributed by atoms with van der Waals surface area (Å²) in [5.74, 6) is -0.879. The third-order valence-electron chi connectivity index (χ3n) is 5.39. The maximum atomic E-state index is 13.7. The van der Waals surface area contributed by atoms with Gasteiger partial charge in [-0.2, -0.15) is 0 Å². The minimum atomic E-state index is -0.675. The number of fused-ring (bicyclic) bond motifs is 1. The van der Waals surface area contributed by atoms with Gasteiger partial charge in [0.25, 0.3) is 5.56 Å². The van der Waals surface area contributed by atoms with Crippen molar-refractivity contribution in [1.29, 1.82) is 0 Å². The summed E-state index contributed by atoms with van der Waals surface area (Å²) in [7, 11) is 3.89. The Morgan fingerprint density at radius 3 is 2.61 bits per heavy atom. The van der Waals surface area contributed by atoms with Gasteiger partial charge >= 0.3 is 5.97 Å². The summed E-state index contributed by atoms with van der Waals surface area (Å²) in [6.07, 6.45) is 1.64. The standard InChI is InChI=1S/C25H24FN3O3S/c1-5-32-24(31)21-15(2)27-25-29(22(21)17-9-11-19(12-10-17)28(3)4)23(30)20(33-25)14-16-7-6-8-18(26)13-16/h6-14,22H,5H2,1-4H3/b20-14-/t22-/m1/s1. The van der Waals surface area contributed by atoms with Crippen LogP contribution in [0.2, 0.25) is 0 Å². The molecule has 0 fully saturated rings. The number of carbonyl (C=O) groups is 1. The van der Waals surface area contributed by atoms with Gasteiger partial charge in [-0.1, -0.05) is 35.6 Å². The van der Waals surface area contributed by atoms with Crippen LogP contribution in [0.15, 0.2) is 69.6 Å². The van der Waals surface area contributed by atoms with Crippen LogP contribution in [0.1, 0.15) is 31.0 Å². The van der Waals surface area contributed by atoms with Crippen molar-refractivity contribution in [3.05, 3.63) is 96.4 Å². The number of carbonyl (C=O) groups excluding carboxylic acids is 1. The lowest BCUT2D eigenvalue weighted by molar-refractivity contribution is -0.139. The van der Waals surface area contributed by atoms with Crippen LogP contribution in [0.3, 0.4) is 0 Å². The molecule has 3 aromatic rings. The van der Waals surface area contributed by atoms with Gasteiger partial charge < -0.3 is 9.64 Å². The number of allylic oxidation sites excluding steroid dienone is 1. The van der Waals surface area contributed by atoms with Crippen molar-refractivity contribution in [2.24, 2.45) is 4.99 Å². The molecule has 1 aromatic heterocycles. The second-order valence-electron chi connectivity index (χ2n) is 7.84. The summed E-state index contributed by atoms with van der Waals surface area (Å²) < 4.78 is 20.9. The Labute approximate surface area is 194 Å². The largest absolute Gasteiger partial charge is 0.463 e.